The molecule has 0 aliphatic rings. The van der Waals surface area contributed by atoms with E-state index in [0.717, 1.165) is 0 Å². The molecule has 0 atom stereocenters. The van der Waals surface area contributed by atoms with Crippen molar-refractivity contribution < 1.29 is 19.1 Å². The summed E-state index contributed by atoms with van der Waals surface area (Å²) in [4.78, 5) is 24.8. The minimum atomic E-state index is -0.277. The maximum atomic E-state index is 12.2. The van der Waals surface area contributed by atoms with E-state index in [0.29, 0.717) is 40.6 Å². The van der Waals surface area contributed by atoms with Gasteiger partial charge in [-0.15, -0.1) is 12.6 Å². The highest BCUT2D eigenvalue weighted by molar-refractivity contribution is 7.80. The van der Waals surface area contributed by atoms with Gasteiger partial charge in [-0.25, -0.2) is 0 Å². The van der Waals surface area contributed by atoms with Gasteiger partial charge in [-0.05, 0) is 24.3 Å². The molecule has 6 nitrogen and oxygen atoms in total. The second-order valence-electron chi connectivity index (χ2n) is 5.13. The molecule has 0 aromatic heterocycles. The van der Waals surface area contributed by atoms with Gasteiger partial charge in [-0.1, -0.05) is 12.1 Å². The number of nitrogens with one attached hydrogen (secondary N) is 2. The fraction of sp³-hybridized carbons (Fsp3) is 0.222. The molecule has 0 aliphatic carbocycles. The summed E-state index contributed by atoms with van der Waals surface area (Å²) >= 11 is 4.25. The zero-order chi connectivity index (χ0) is 18.2. The lowest BCUT2D eigenvalue weighted by molar-refractivity contribution is 0.0926. The molecular weight excluding hydrogens is 340 g/mol. The van der Waals surface area contributed by atoms with Crippen LogP contribution in [-0.4, -0.2) is 39.1 Å². The molecule has 0 saturated heterocycles. The van der Waals surface area contributed by atoms with Crippen LogP contribution in [0.4, 0.5) is 0 Å². The Labute approximate surface area is 151 Å². The van der Waals surface area contributed by atoms with Crippen molar-refractivity contribution >= 4 is 24.4 Å². The Morgan fingerprint density at radius 3 is 2.04 bits per heavy atom. The molecule has 0 spiro atoms. The van der Waals surface area contributed by atoms with Crippen molar-refractivity contribution in [2.45, 2.75) is 4.90 Å². The minimum Gasteiger partial charge on any atom is -0.497 e. The zero-order valence-corrected chi connectivity index (χ0v) is 14.9. The highest BCUT2D eigenvalue weighted by Crippen LogP contribution is 2.22. The zero-order valence-electron chi connectivity index (χ0n) is 14.0. The Balaban J connectivity index is 1.87. The molecule has 7 heteroatoms. The molecule has 0 unspecified atom stereocenters. The van der Waals surface area contributed by atoms with Crippen LogP contribution in [0.5, 0.6) is 11.5 Å². The lowest BCUT2D eigenvalue weighted by Crippen LogP contribution is -2.34. The number of amides is 2. The maximum absolute atomic E-state index is 12.2. The predicted octanol–water partition coefficient (Wildman–Crippen LogP) is 2.15. The van der Waals surface area contributed by atoms with E-state index >= 15 is 0 Å². The highest BCUT2D eigenvalue weighted by atomic mass is 32.1. The average molecular weight is 360 g/mol. The van der Waals surface area contributed by atoms with E-state index in [2.05, 4.69) is 23.3 Å². The number of carbonyl (C=O) groups is 2. The van der Waals surface area contributed by atoms with Gasteiger partial charge >= 0.3 is 0 Å². The summed E-state index contributed by atoms with van der Waals surface area (Å²) in [7, 11) is 3.04. The third-order valence-corrected chi connectivity index (χ3v) is 3.85. The van der Waals surface area contributed by atoms with Crippen LogP contribution in [0.25, 0.3) is 0 Å². The summed E-state index contributed by atoms with van der Waals surface area (Å²) in [5.41, 5.74) is 0.915. The van der Waals surface area contributed by atoms with Crippen LogP contribution in [0, 0.1) is 0 Å². The summed E-state index contributed by atoms with van der Waals surface area (Å²) in [6, 6.07) is 11.9. The van der Waals surface area contributed by atoms with Crippen molar-refractivity contribution in [3.05, 3.63) is 53.6 Å². The first-order valence-corrected chi connectivity index (χ1v) is 8.07. The molecule has 2 rings (SSSR count). The molecule has 0 saturated carbocycles. The predicted molar refractivity (Wildman–Crippen MR) is 97.9 cm³/mol. The average Bonchev–Trinajstić information content (AvgIpc) is 2.64. The number of rotatable bonds is 7. The van der Waals surface area contributed by atoms with Gasteiger partial charge in [-0.2, -0.15) is 0 Å². The van der Waals surface area contributed by atoms with Gasteiger partial charge in [0.1, 0.15) is 11.5 Å². The van der Waals surface area contributed by atoms with Crippen molar-refractivity contribution in [3.63, 3.8) is 0 Å². The number of methoxy groups -OCH3 is 2. The molecule has 0 aliphatic heterocycles. The van der Waals surface area contributed by atoms with Gasteiger partial charge in [0, 0.05) is 29.6 Å². The summed E-state index contributed by atoms with van der Waals surface area (Å²) in [6.07, 6.45) is 0. The summed E-state index contributed by atoms with van der Waals surface area (Å²) in [5, 5.41) is 5.48. The molecule has 2 N–H and O–H groups in total. The fourth-order valence-electron chi connectivity index (χ4n) is 2.15. The van der Waals surface area contributed by atoms with Crippen LogP contribution in [0.1, 0.15) is 20.7 Å². The third kappa shape index (κ3) is 5.15. The van der Waals surface area contributed by atoms with Crippen LogP contribution in [-0.2, 0) is 0 Å². The first-order valence-electron chi connectivity index (χ1n) is 7.62. The molecule has 0 bridgehead atoms. The lowest BCUT2D eigenvalue weighted by atomic mass is 10.2. The number of carbonyl (C=O) groups excluding carboxylic acids is 2. The summed E-state index contributed by atoms with van der Waals surface area (Å²) in [6.45, 7) is 0.590. The SMILES string of the molecule is COc1cc(OC)cc(C(=O)NCCNC(=O)c2ccccc2S)c1. The smallest absolute Gasteiger partial charge is 0.252 e. The van der Waals surface area contributed by atoms with Gasteiger partial charge in [0.25, 0.3) is 11.8 Å². The Bertz CT molecular complexity index is 742. The van der Waals surface area contributed by atoms with E-state index in [9.17, 15) is 9.59 Å². The molecule has 0 radical (unpaired) electrons. The number of ether oxygens (including phenoxy) is 2. The molecule has 132 valence electrons. The Morgan fingerprint density at radius 1 is 0.920 bits per heavy atom. The first kappa shape index (κ1) is 18.7. The second kappa shape index (κ2) is 8.98. The monoisotopic (exact) mass is 360 g/mol. The lowest BCUT2D eigenvalue weighted by Gasteiger charge is -2.10. The molecular formula is C18H20N2O4S. The molecule has 2 aromatic rings. The van der Waals surface area contributed by atoms with Gasteiger partial charge < -0.3 is 20.1 Å². The quantitative estimate of drug-likeness (QED) is 0.522. The van der Waals surface area contributed by atoms with Crippen LogP contribution in [0.2, 0.25) is 0 Å². The summed E-state index contributed by atoms with van der Waals surface area (Å²) < 4.78 is 10.3. The number of benzene rings is 2. The van der Waals surface area contributed by atoms with E-state index in [4.69, 9.17) is 9.47 Å². The van der Waals surface area contributed by atoms with Crippen LogP contribution in [0.3, 0.4) is 0 Å². The maximum Gasteiger partial charge on any atom is 0.252 e. The first-order chi connectivity index (χ1) is 12.0. The fourth-order valence-corrected chi connectivity index (χ4v) is 2.42. The van der Waals surface area contributed by atoms with Gasteiger partial charge in [0.2, 0.25) is 0 Å². The van der Waals surface area contributed by atoms with Gasteiger partial charge in [0.05, 0.1) is 19.8 Å². The van der Waals surface area contributed by atoms with Crippen LogP contribution in [0.15, 0.2) is 47.4 Å². The van der Waals surface area contributed by atoms with Crippen molar-refractivity contribution in [1.82, 2.24) is 10.6 Å². The Hall–Kier alpha value is -2.67. The van der Waals surface area contributed by atoms with Crippen LogP contribution >= 0.6 is 12.6 Å². The molecule has 0 heterocycles. The molecule has 25 heavy (non-hydrogen) atoms. The number of hydrogen-bond acceptors (Lipinski definition) is 5. The van der Waals surface area contributed by atoms with Crippen molar-refractivity contribution in [2.24, 2.45) is 0 Å². The minimum absolute atomic E-state index is 0.233. The Kier molecular flexibility index (Phi) is 6.71. The molecule has 2 aromatic carbocycles. The van der Waals surface area contributed by atoms with Crippen molar-refractivity contribution in [2.75, 3.05) is 27.3 Å². The van der Waals surface area contributed by atoms with Gasteiger partial charge in [0.15, 0.2) is 0 Å². The molecule has 2 amide bonds. The van der Waals surface area contributed by atoms with E-state index < -0.39 is 0 Å². The normalized spacial score (nSPS) is 10.0. The summed E-state index contributed by atoms with van der Waals surface area (Å²) in [5.74, 6) is 0.551. The van der Waals surface area contributed by atoms with E-state index in [-0.39, 0.29) is 11.8 Å². The third-order valence-electron chi connectivity index (χ3n) is 3.46. The topological polar surface area (TPSA) is 76.7 Å². The number of hydrogen-bond donors (Lipinski definition) is 3. The van der Waals surface area contributed by atoms with E-state index in [1.165, 1.54) is 14.2 Å². The number of thiol groups is 1. The van der Waals surface area contributed by atoms with Gasteiger partial charge in [-0.3, -0.25) is 9.59 Å². The van der Waals surface area contributed by atoms with Crippen molar-refractivity contribution in [1.29, 1.82) is 0 Å². The van der Waals surface area contributed by atoms with E-state index in [1.807, 2.05) is 6.07 Å². The Morgan fingerprint density at radius 2 is 1.48 bits per heavy atom. The van der Waals surface area contributed by atoms with Crippen LogP contribution < -0.4 is 20.1 Å². The molecule has 0 fully saturated rings. The largest absolute Gasteiger partial charge is 0.497 e. The highest BCUT2D eigenvalue weighted by Gasteiger charge is 2.11. The van der Waals surface area contributed by atoms with E-state index in [1.54, 1.807) is 36.4 Å². The standard InChI is InChI=1S/C18H20N2O4S/c1-23-13-9-12(10-14(11-13)24-2)17(21)19-7-8-20-18(22)15-5-3-4-6-16(15)25/h3-6,9-11,25H,7-8H2,1-2H3,(H,19,21)(H,20,22). The van der Waals surface area contributed by atoms with Crippen molar-refractivity contribution in [3.8, 4) is 11.5 Å². The second-order valence-corrected chi connectivity index (χ2v) is 5.61.